The van der Waals surface area contributed by atoms with E-state index in [4.69, 9.17) is 4.74 Å². The molecule has 1 amide bonds. The van der Waals surface area contributed by atoms with Crippen molar-refractivity contribution < 1.29 is 17.9 Å². The highest BCUT2D eigenvalue weighted by atomic mass is 32.2. The zero-order valence-corrected chi connectivity index (χ0v) is 19.3. The maximum atomic E-state index is 13.0. The Morgan fingerprint density at radius 1 is 1.10 bits per heavy atom. The maximum Gasteiger partial charge on any atom is 0.243 e. The summed E-state index contributed by atoms with van der Waals surface area (Å²) in [4.78, 5) is 15.0. The van der Waals surface area contributed by atoms with E-state index in [0.717, 1.165) is 0 Å². The Bertz CT molecular complexity index is 979. The number of nitrogens with one attached hydrogen (secondary N) is 1. The molecule has 31 heavy (non-hydrogen) atoms. The van der Waals surface area contributed by atoms with E-state index in [9.17, 15) is 13.2 Å². The third-order valence-electron chi connectivity index (χ3n) is 5.38. The second-order valence-electron chi connectivity index (χ2n) is 7.76. The SMILES string of the molecule is CCOc1ccc(S(=O)(=O)N2CCN(C(C)C(=O)Nc3ccnn3C(C)C)CC2)cc1. The lowest BCUT2D eigenvalue weighted by atomic mass is 10.2. The first-order chi connectivity index (χ1) is 14.7. The third kappa shape index (κ3) is 5.25. The molecule has 1 aliphatic rings. The van der Waals surface area contributed by atoms with Crippen LogP contribution >= 0.6 is 0 Å². The van der Waals surface area contributed by atoms with E-state index in [-0.39, 0.29) is 22.9 Å². The topological polar surface area (TPSA) is 96.8 Å². The minimum absolute atomic E-state index is 0.134. The number of aromatic nitrogens is 2. The molecular weight excluding hydrogens is 418 g/mol. The fraction of sp³-hybridized carbons (Fsp3) is 0.524. The summed E-state index contributed by atoms with van der Waals surface area (Å²) in [7, 11) is -3.58. The molecular formula is C21H31N5O4S. The molecule has 0 saturated carbocycles. The lowest BCUT2D eigenvalue weighted by molar-refractivity contribution is -0.121. The smallest absolute Gasteiger partial charge is 0.243 e. The van der Waals surface area contributed by atoms with Crippen molar-refractivity contribution in [3.8, 4) is 5.75 Å². The van der Waals surface area contributed by atoms with Crippen LogP contribution in [0, 0.1) is 0 Å². The summed E-state index contributed by atoms with van der Waals surface area (Å²) in [5.74, 6) is 1.17. The fourth-order valence-corrected chi connectivity index (χ4v) is 5.00. The maximum absolute atomic E-state index is 13.0. The standard InChI is InChI=1S/C21H31N5O4S/c1-5-30-18-6-8-19(9-7-18)31(28,29)25-14-12-24(13-15-25)17(4)21(27)23-20-10-11-22-26(20)16(2)3/h6-11,16-17H,5,12-15H2,1-4H3,(H,23,27). The van der Waals surface area contributed by atoms with Crippen LogP contribution in [-0.2, 0) is 14.8 Å². The first kappa shape index (κ1) is 23.2. The van der Waals surface area contributed by atoms with Gasteiger partial charge in [0.1, 0.15) is 11.6 Å². The lowest BCUT2D eigenvalue weighted by Crippen LogP contribution is -2.54. The normalized spacial score (nSPS) is 16.9. The van der Waals surface area contributed by atoms with Crippen LogP contribution in [0.25, 0.3) is 0 Å². The molecule has 10 heteroatoms. The van der Waals surface area contributed by atoms with Crippen LogP contribution in [0.1, 0.15) is 33.7 Å². The van der Waals surface area contributed by atoms with Crippen molar-refractivity contribution in [1.82, 2.24) is 19.0 Å². The number of benzene rings is 1. The summed E-state index contributed by atoms with van der Waals surface area (Å²) >= 11 is 0. The van der Waals surface area contributed by atoms with Gasteiger partial charge in [0.25, 0.3) is 0 Å². The molecule has 0 radical (unpaired) electrons. The van der Waals surface area contributed by atoms with Gasteiger partial charge in [0.2, 0.25) is 15.9 Å². The Kier molecular flexibility index (Phi) is 7.34. The fourth-order valence-electron chi connectivity index (χ4n) is 3.58. The molecule has 3 rings (SSSR count). The predicted molar refractivity (Wildman–Crippen MR) is 119 cm³/mol. The predicted octanol–water partition coefficient (Wildman–Crippen LogP) is 2.20. The summed E-state index contributed by atoms with van der Waals surface area (Å²) in [5.41, 5.74) is 0. The first-order valence-electron chi connectivity index (χ1n) is 10.6. The average Bonchev–Trinajstić information content (AvgIpc) is 3.22. The summed E-state index contributed by atoms with van der Waals surface area (Å²) in [5, 5.41) is 7.16. The van der Waals surface area contributed by atoms with Crippen LogP contribution in [0.15, 0.2) is 41.4 Å². The van der Waals surface area contributed by atoms with Gasteiger partial charge in [-0.2, -0.15) is 9.40 Å². The number of anilines is 1. The van der Waals surface area contributed by atoms with E-state index in [0.29, 0.717) is 44.4 Å². The van der Waals surface area contributed by atoms with Crippen molar-refractivity contribution in [2.24, 2.45) is 0 Å². The van der Waals surface area contributed by atoms with Crippen LogP contribution in [0.3, 0.4) is 0 Å². The van der Waals surface area contributed by atoms with Gasteiger partial charge in [-0.1, -0.05) is 0 Å². The van der Waals surface area contributed by atoms with E-state index < -0.39 is 10.0 Å². The van der Waals surface area contributed by atoms with E-state index in [2.05, 4.69) is 10.4 Å². The zero-order valence-electron chi connectivity index (χ0n) is 18.5. The molecule has 2 aromatic rings. The van der Waals surface area contributed by atoms with Crippen molar-refractivity contribution in [2.75, 3.05) is 38.1 Å². The quantitative estimate of drug-likeness (QED) is 0.664. The Balaban J connectivity index is 1.59. The van der Waals surface area contributed by atoms with E-state index in [1.807, 2.05) is 32.6 Å². The van der Waals surface area contributed by atoms with E-state index in [1.54, 1.807) is 41.2 Å². The molecule has 1 fully saturated rings. The third-order valence-corrected chi connectivity index (χ3v) is 7.30. The van der Waals surface area contributed by atoms with Crippen LogP contribution < -0.4 is 10.1 Å². The van der Waals surface area contributed by atoms with Crippen molar-refractivity contribution in [2.45, 2.75) is 44.7 Å². The zero-order chi connectivity index (χ0) is 22.6. The molecule has 1 aromatic heterocycles. The Morgan fingerprint density at radius 2 is 1.74 bits per heavy atom. The highest BCUT2D eigenvalue weighted by Gasteiger charge is 2.32. The monoisotopic (exact) mass is 449 g/mol. The summed E-state index contributed by atoms with van der Waals surface area (Å²) in [6.45, 7) is 9.86. The lowest BCUT2D eigenvalue weighted by Gasteiger charge is -2.36. The molecule has 1 aromatic carbocycles. The molecule has 1 unspecified atom stereocenters. The molecule has 0 bridgehead atoms. The molecule has 0 aliphatic carbocycles. The van der Waals surface area contributed by atoms with Gasteiger partial charge < -0.3 is 10.1 Å². The Morgan fingerprint density at radius 3 is 2.32 bits per heavy atom. The van der Waals surface area contributed by atoms with E-state index >= 15 is 0 Å². The number of carbonyl (C=O) groups excluding carboxylic acids is 1. The number of sulfonamides is 1. The largest absolute Gasteiger partial charge is 0.494 e. The van der Waals surface area contributed by atoms with Gasteiger partial charge in [-0.15, -0.1) is 0 Å². The molecule has 1 N–H and O–H groups in total. The van der Waals surface area contributed by atoms with Crippen molar-refractivity contribution in [1.29, 1.82) is 0 Å². The highest BCUT2D eigenvalue weighted by molar-refractivity contribution is 7.89. The van der Waals surface area contributed by atoms with Gasteiger partial charge in [0, 0.05) is 38.3 Å². The second-order valence-corrected chi connectivity index (χ2v) is 9.70. The van der Waals surface area contributed by atoms with Gasteiger partial charge in [-0.05, 0) is 52.0 Å². The Hall–Kier alpha value is -2.43. The number of nitrogens with zero attached hydrogens (tertiary/aromatic N) is 4. The molecule has 1 aliphatic heterocycles. The second kappa shape index (κ2) is 9.80. The average molecular weight is 450 g/mol. The summed E-state index contributed by atoms with van der Waals surface area (Å²) in [6, 6.07) is 8.00. The van der Waals surface area contributed by atoms with Crippen molar-refractivity contribution in [3.05, 3.63) is 36.5 Å². The minimum Gasteiger partial charge on any atom is -0.494 e. The molecule has 2 heterocycles. The summed E-state index contributed by atoms with van der Waals surface area (Å²) in [6.07, 6.45) is 1.66. The molecule has 0 spiro atoms. The number of carbonyl (C=O) groups is 1. The van der Waals surface area contributed by atoms with Gasteiger partial charge >= 0.3 is 0 Å². The number of rotatable bonds is 8. The Labute approximate surface area is 184 Å². The molecule has 170 valence electrons. The van der Waals surface area contributed by atoms with Gasteiger partial charge in [-0.25, -0.2) is 13.1 Å². The molecule has 1 saturated heterocycles. The highest BCUT2D eigenvalue weighted by Crippen LogP contribution is 2.22. The van der Waals surface area contributed by atoms with Crippen LogP contribution in [0.2, 0.25) is 0 Å². The number of piperazine rings is 1. The number of hydrogen-bond acceptors (Lipinski definition) is 6. The van der Waals surface area contributed by atoms with Gasteiger partial charge in [0.05, 0.1) is 23.7 Å². The van der Waals surface area contributed by atoms with Crippen molar-refractivity contribution in [3.63, 3.8) is 0 Å². The van der Waals surface area contributed by atoms with Gasteiger partial charge in [0.15, 0.2) is 0 Å². The van der Waals surface area contributed by atoms with Gasteiger partial charge in [-0.3, -0.25) is 9.69 Å². The number of amides is 1. The summed E-state index contributed by atoms with van der Waals surface area (Å²) < 4.78 is 34.5. The molecule has 9 nitrogen and oxygen atoms in total. The van der Waals surface area contributed by atoms with Crippen LogP contribution in [0.5, 0.6) is 5.75 Å². The van der Waals surface area contributed by atoms with Crippen LogP contribution in [-0.4, -0.2) is 72.1 Å². The van der Waals surface area contributed by atoms with Crippen molar-refractivity contribution >= 4 is 21.7 Å². The first-order valence-corrected chi connectivity index (χ1v) is 12.0. The number of hydrogen-bond donors (Lipinski definition) is 1. The number of ether oxygens (including phenoxy) is 1. The minimum atomic E-state index is -3.58. The molecule has 1 atom stereocenters. The van der Waals surface area contributed by atoms with Crippen LogP contribution in [0.4, 0.5) is 5.82 Å². The van der Waals surface area contributed by atoms with E-state index in [1.165, 1.54) is 4.31 Å².